The molecule has 0 radical (unpaired) electrons. The molecule has 0 N–H and O–H groups in total. The first-order valence-electron chi connectivity index (χ1n) is 6.37. The van der Waals surface area contributed by atoms with Crippen molar-refractivity contribution in [2.24, 2.45) is 0 Å². The van der Waals surface area contributed by atoms with Crippen molar-refractivity contribution in [3.8, 4) is 6.07 Å². The fraction of sp³-hybridized carbons (Fsp3) is 0.0588. The average Bonchev–Trinajstić information content (AvgIpc) is 2.93. The number of fused-ring (bicyclic) bond motifs is 1. The lowest BCUT2D eigenvalue weighted by molar-refractivity contribution is 0.0954. The molecule has 3 rings (SSSR count). The summed E-state index contributed by atoms with van der Waals surface area (Å²) in [6, 6.07) is 17.7. The predicted octanol–water partition coefficient (Wildman–Crippen LogP) is 4.58. The number of carbonyl (C=O) groups excluding carboxylic acids is 1. The first-order valence-corrected chi connectivity index (χ1v) is 6.75. The van der Waals surface area contributed by atoms with Crippen LogP contribution in [-0.2, 0) is 0 Å². The summed E-state index contributed by atoms with van der Waals surface area (Å²) in [5.74, 6) is -1.06. The van der Waals surface area contributed by atoms with Gasteiger partial charge < -0.3 is 4.42 Å². The highest BCUT2D eigenvalue weighted by atomic mass is 35.5. The summed E-state index contributed by atoms with van der Waals surface area (Å²) >= 11 is 5.82. The van der Waals surface area contributed by atoms with Crippen molar-refractivity contribution < 1.29 is 9.21 Å². The number of furan rings is 1. The van der Waals surface area contributed by atoms with E-state index >= 15 is 0 Å². The number of rotatable bonds is 3. The average molecular weight is 296 g/mol. The van der Waals surface area contributed by atoms with Crippen LogP contribution < -0.4 is 0 Å². The number of carbonyl (C=O) groups is 1. The Bertz CT molecular complexity index is 810. The van der Waals surface area contributed by atoms with Gasteiger partial charge in [-0.25, -0.2) is 0 Å². The highest BCUT2D eigenvalue weighted by molar-refractivity contribution is 6.30. The molecule has 2 aromatic carbocycles. The SMILES string of the molecule is N#CC(C(=O)c1cc2ccccc2o1)c1ccc(Cl)cc1. The van der Waals surface area contributed by atoms with Gasteiger partial charge in [0.1, 0.15) is 11.5 Å². The van der Waals surface area contributed by atoms with Gasteiger partial charge in [0.2, 0.25) is 5.78 Å². The van der Waals surface area contributed by atoms with Crippen LogP contribution in [0.3, 0.4) is 0 Å². The Labute approximate surface area is 126 Å². The summed E-state index contributed by atoms with van der Waals surface area (Å²) in [4.78, 5) is 12.5. The topological polar surface area (TPSA) is 54.0 Å². The number of halogens is 1. The Morgan fingerprint density at radius 2 is 1.86 bits per heavy atom. The Hall–Kier alpha value is -2.57. The summed E-state index contributed by atoms with van der Waals surface area (Å²) < 4.78 is 5.53. The monoisotopic (exact) mass is 295 g/mol. The van der Waals surface area contributed by atoms with Crippen molar-refractivity contribution in [2.45, 2.75) is 5.92 Å². The second-order valence-corrected chi connectivity index (χ2v) is 5.06. The number of benzene rings is 2. The molecular formula is C17H10ClNO2. The largest absolute Gasteiger partial charge is 0.453 e. The number of hydrogen-bond donors (Lipinski definition) is 0. The van der Waals surface area contributed by atoms with E-state index in [1.165, 1.54) is 0 Å². The summed E-state index contributed by atoms with van der Waals surface area (Å²) in [5, 5.41) is 10.7. The van der Waals surface area contributed by atoms with Crippen LogP contribution >= 0.6 is 11.6 Å². The van der Waals surface area contributed by atoms with Crippen molar-refractivity contribution in [2.75, 3.05) is 0 Å². The molecule has 0 aliphatic rings. The van der Waals surface area contributed by atoms with Crippen molar-refractivity contribution in [3.05, 3.63) is 70.9 Å². The lowest BCUT2D eigenvalue weighted by Gasteiger charge is -2.06. The second kappa shape index (κ2) is 5.43. The van der Waals surface area contributed by atoms with Crippen LogP contribution in [0.2, 0.25) is 5.02 Å². The van der Waals surface area contributed by atoms with Crippen LogP contribution in [0.4, 0.5) is 0 Å². The Kier molecular flexibility index (Phi) is 3.47. The van der Waals surface area contributed by atoms with Crippen molar-refractivity contribution >= 4 is 28.4 Å². The van der Waals surface area contributed by atoms with E-state index in [1.807, 2.05) is 24.3 Å². The molecule has 3 aromatic rings. The van der Waals surface area contributed by atoms with Crippen molar-refractivity contribution in [3.63, 3.8) is 0 Å². The van der Waals surface area contributed by atoms with Crippen LogP contribution in [0.15, 0.2) is 59.0 Å². The standard InChI is InChI=1S/C17H10ClNO2/c18-13-7-5-11(6-8-13)14(10-19)17(20)16-9-12-3-1-2-4-15(12)21-16/h1-9,14H. The molecule has 0 aliphatic carbocycles. The van der Waals surface area contributed by atoms with Crippen LogP contribution in [0.1, 0.15) is 22.0 Å². The number of Topliss-reactive ketones (excluding diaryl/α,β-unsaturated/α-hetero) is 1. The van der Waals surface area contributed by atoms with Crippen LogP contribution in [0.5, 0.6) is 0 Å². The lowest BCUT2D eigenvalue weighted by atomic mass is 9.95. The molecule has 0 spiro atoms. The van der Waals surface area contributed by atoms with Crippen molar-refractivity contribution in [1.29, 1.82) is 5.26 Å². The third kappa shape index (κ3) is 2.54. The van der Waals surface area contributed by atoms with Gasteiger partial charge in [-0.2, -0.15) is 5.26 Å². The van der Waals surface area contributed by atoms with E-state index in [-0.39, 0.29) is 11.5 Å². The summed E-state index contributed by atoms with van der Waals surface area (Å²) in [6.45, 7) is 0. The molecule has 0 fully saturated rings. The Morgan fingerprint density at radius 3 is 2.52 bits per heavy atom. The van der Waals surface area contributed by atoms with Gasteiger partial charge in [-0.05, 0) is 29.8 Å². The minimum Gasteiger partial charge on any atom is -0.453 e. The molecule has 0 saturated heterocycles. The highest BCUT2D eigenvalue weighted by Crippen LogP contribution is 2.26. The van der Waals surface area contributed by atoms with Gasteiger partial charge in [-0.15, -0.1) is 0 Å². The Balaban J connectivity index is 1.99. The van der Waals surface area contributed by atoms with Gasteiger partial charge in [0, 0.05) is 10.4 Å². The fourth-order valence-electron chi connectivity index (χ4n) is 2.19. The smallest absolute Gasteiger partial charge is 0.219 e. The van der Waals surface area contributed by atoms with Gasteiger partial charge in [0.15, 0.2) is 5.76 Å². The Morgan fingerprint density at radius 1 is 1.14 bits per heavy atom. The van der Waals surface area contributed by atoms with E-state index in [1.54, 1.807) is 36.4 Å². The summed E-state index contributed by atoms with van der Waals surface area (Å²) in [6.07, 6.45) is 0. The third-order valence-electron chi connectivity index (χ3n) is 3.26. The number of ketones is 1. The molecule has 102 valence electrons. The van der Waals surface area contributed by atoms with Crippen LogP contribution in [0, 0.1) is 11.3 Å². The zero-order valence-electron chi connectivity index (χ0n) is 10.9. The minimum absolute atomic E-state index is 0.192. The zero-order chi connectivity index (χ0) is 14.8. The maximum absolute atomic E-state index is 12.5. The van der Waals surface area contributed by atoms with E-state index in [9.17, 15) is 10.1 Å². The molecule has 21 heavy (non-hydrogen) atoms. The molecule has 0 amide bonds. The second-order valence-electron chi connectivity index (χ2n) is 4.63. The molecular weight excluding hydrogens is 286 g/mol. The number of para-hydroxylation sites is 1. The third-order valence-corrected chi connectivity index (χ3v) is 3.51. The first kappa shape index (κ1) is 13.4. The molecule has 4 heteroatoms. The van der Waals surface area contributed by atoms with Crippen LogP contribution in [-0.4, -0.2) is 5.78 Å². The number of hydrogen-bond acceptors (Lipinski definition) is 3. The number of nitriles is 1. The molecule has 1 unspecified atom stereocenters. The maximum Gasteiger partial charge on any atom is 0.219 e. The first-order chi connectivity index (χ1) is 10.2. The number of nitrogens with zero attached hydrogens (tertiary/aromatic N) is 1. The van der Waals surface area contributed by atoms with E-state index in [4.69, 9.17) is 16.0 Å². The van der Waals surface area contributed by atoms with Crippen LogP contribution in [0.25, 0.3) is 11.0 Å². The summed E-state index contributed by atoms with van der Waals surface area (Å²) in [5.41, 5.74) is 1.24. The quantitative estimate of drug-likeness (QED) is 0.665. The van der Waals surface area contributed by atoms with Gasteiger partial charge in [-0.3, -0.25) is 4.79 Å². The van der Waals surface area contributed by atoms with Gasteiger partial charge in [-0.1, -0.05) is 41.9 Å². The molecule has 0 saturated carbocycles. The zero-order valence-corrected chi connectivity index (χ0v) is 11.7. The lowest BCUT2D eigenvalue weighted by Crippen LogP contribution is -2.10. The van der Waals surface area contributed by atoms with Gasteiger partial charge in [0.25, 0.3) is 0 Å². The summed E-state index contributed by atoms with van der Waals surface area (Å²) in [7, 11) is 0. The molecule has 1 aromatic heterocycles. The minimum atomic E-state index is -0.900. The molecule has 1 atom stereocenters. The predicted molar refractivity (Wildman–Crippen MR) is 80.4 cm³/mol. The molecule has 1 heterocycles. The normalized spacial score (nSPS) is 12.0. The highest BCUT2D eigenvalue weighted by Gasteiger charge is 2.24. The van der Waals surface area contributed by atoms with Gasteiger partial charge >= 0.3 is 0 Å². The molecule has 0 aliphatic heterocycles. The molecule has 3 nitrogen and oxygen atoms in total. The molecule has 0 bridgehead atoms. The van der Waals surface area contributed by atoms with E-state index < -0.39 is 5.92 Å². The van der Waals surface area contributed by atoms with Gasteiger partial charge in [0.05, 0.1) is 6.07 Å². The van der Waals surface area contributed by atoms with E-state index in [0.717, 1.165) is 5.39 Å². The van der Waals surface area contributed by atoms with E-state index in [2.05, 4.69) is 0 Å². The van der Waals surface area contributed by atoms with E-state index in [0.29, 0.717) is 16.2 Å². The fourth-order valence-corrected chi connectivity index (χ4v) is 2.31. The maximum atomic E-state index is 12.5. The van der Waals surface area contributed by atoms with Crippen molar-refractivity contribution in [1.82, 2.24) is 0 Å².